The third-order valence-electron chi connectivity index (χ3n) is 4.93. The minimum absolute atomic E-state index is 0.123. The first-order valence-corrected chi connectivity index (χ1v) is 10.5. The summed E-state index contributed by atoms with van der Waals surface area (Å²) in [5.74, 6) is -0.0221. The van der Waals surface area contributed by atoms with Gasteiger partial charge in [0.15, 0.2) is 17.2 Å². The standard InChI is InChI=1S/C23H23ClF3N3O4/c1-14(15-4-9-19(20(12-15)33-3)34-11-10-32-2)29-22(31)18-13-28-30(21(18)23(25,26)27)17-7-5-16(24)6-8-17/h4-9,12-14H,10-11H2,1-3H3,(H,29,31). The molecule has 7 nitrogen and oxygen atoms in total. The number of rotatable bonds is 9. The fourth-order valence-electron chi connectivity index (χ4n) is 3.23. The summed E-state index contributed by atoms with van der Waals surface area (Å²) in [6, 6.07) is 10.0. The highest BCUT2D eigenvalue weighted by atomic mass is 35.5. The van der Waals surface area contributed by atoms with Gasteiger partial charge in [0.05, 0.1) is 37.2 Å². The Morgan fingerprint density at radius 1 is 1.12 bits per heavy atom. The molecule has 11 heteroatoms. The van der Waals surface area contributed by atoms with Gasteiger partial charge in [-0.1, -0.05) is 17.7 Å². The molecule has 0 spiro atoms. The van der Waals surface area contributed by atoms with E-state index >= 15 is 0 Å². The number of aromatic nitrogens is 2. The summed E-state index contributed by atoms with van der Waals surface area (Å²) in [5.41, 5.74) is -1.04. The molecule has 1 heterocycles. The Kier molecular flexibility index (Phi) is 8.06. The summed E-state index contributed by atoms with van der Waals surface area (Å²) in [6.45, 7) is 2.36. The molecule has 0 aliphatic heterocycles. The molecule has 0 aliphatic carbocycles. The fraction of sp³-hybridized carbons (Fsp3) is 0.304. The summed E-state index contributed by atoms with van der Waals surface area (Å²) in [7, 11) is 3.02. The van der Waals surface area contributed by atoms with E-state index in [0.717, 1.165) is 6.20 Å². The maximum absolute atomic E-state index is 13.9. The number of hydrogen-bond acceptors (Lipinski definition) is 5. The second-order valence-corrected chi connectivity index (χ2v) is 7.68. The lowest BCUT2D eigenvalue weighted by molar-refractivity contribution is -0.143. The molecular weight excluding hydrogens is 475 g/mol. The van der Waals surface area contributed by atoms with Crippen LogP contribution in [0.4, 0.5) is 13.2 Å². The average Bonchev–Trinajstić information content (AvgIpc) is 3.26. The minimum atomic E-state index is -4.82. The number of halogens is 4. The Balaban J connectivity index is 1.84. The Bertz CT molecular complexity index is 1130. The Hall–Kier alpha value is -3.24. The molecule has 0 fully saturated rings. The van der Waals surface area contributed by atoms with Crippen molar-refractivity contribution in [2.24, 2.45) is 0 Å². The monoisotopic (exact) mass is 497 g/mol. The summed E-state index contributed by atoms with van der Waals surface area (Å²) < 4.78 is 58.2. The predicted molar refractivity (Wildman–Crippen MR) is 120 cm³/mol. The third kappa shape index (κ3) is 5.81. The van der Waals surface area contributed by atoms with Crippen LogP contribution in [0.25, 0.3) is 5.69 Å². The van der Waals surface area contributed by atoms with Gasteiger partial charge in [-0.05, 0) is 48.9 Å². The summed E-state index contributed by atoms with van der Waals surface area (Å²) in [6.07, 6.45) is -3.93. The van der Waals surface area contributed by atoms with Gasteiger partial charge < -0.3 is 19.5 Å². The highest BCUT2D eigenvalue weighted by Crippen LogP contribution is 2.35. The van der Waals surface area contributed by atoms with E-state index in [-0.39, 0.29) is 5.69 Å². The first kappa shape index (κ1) is 25.4. The molecule has 182 valence electrons. The van der Waals surface area contributed by atoms with E-state index in [2.05, 4.69) is 10.4 Å². The third-order valence-corrected chi connectivity index (χ3v) is 5.19. The van der Waals surface area contributed by atoms with Crippen molar-refractivity contribution in [3.63, 3.8) is 0 Å². The van der Waals surface area contributed by atoms with E-state index in [9.17, 15) is 18.0 Å². The molecule has 1 amide bonds. The number of methoxy groups -OCH3 is 2. The van der Waals surface area contributed by atoms with Gasteiger partial charge >= 0.3 is 6.18 Å². The maximum Gasteiger partial charge on any atom is 0.434 e. The van der Waals surface area contributed by atoms with Crippen LogP contribution >= 0.6 is 11.6 Å². The van der Waals surface area contributed by atoms with Gasteiger partial charge in [-0.2, -0.15) is 18.3 Å². The molecule has 0 radical (unpaired) electrons. The second-order valence-electron chi connectivity index (χ2n) is 7.24. The minimum Gasteiger partial charge on any atom is -0.493 e. The van der Waals surface area contributed by atoms with Gasteiger partial charge in [0.2, 0.25) is 0 Å². The van der Waals surface area contributed by atoms with Crippen molar-refractivity contribution in [3.05, 3.63) is 70.5 Å². The van der Waals surface area contributed by atoms with Gasteiger partial charge in [0.25, 0.3) is 5.91 Å². The zero-order chi connectivity index (χ0) is 24.9. The normalized spacial score (nSPS) is 12.3. The number of ether oxygens (including phenoxy) is 3. The lowest BCUT2D eigenvalue weighted by Crippen LogP contribution is -2.29. The van der Waals surface area contributed by atoms with E-state index < -0.39 is 29.4 Å². The van der Waals surface area contributed by atoms with Crippen molar-refractivity contribution in [2.45, 2.75) is 19.1 Å². The first-order chi connectivity index (χ1) is 16.2. The van der Waals surface area contributed by atoms with Crippen LogP contribution in [0.1, 0.15) is 34.6 Å². The van der Waals surface area contributed by atoms with E-state index in [1.807, 2.05) is 0 Å². The van der Waals surface area contributed by atoms with Gasteiger partial charge in [0.1, 0.15) is 6.61 Å². The number of nitrogens with one attached hydrogen (secondary N) is 1. The Labute approximate surface area is 199 Å². The van der Waals surface area contributed by atoms with Crippen LogP contribution in [0.15, 0.2) is 48.7 Å². The number of carbonyl (C=O) groups excluding carboxylic acids is 1. The topological polar surface area (TPSA) is 74.6 Å². The second kappa shape index (κ2) is 10.8. The molecule has 3 rings (SSSR count). The van der Waals surface area contributed by atoms with E-state index in [0.29, 0.717) is 40.0 Å². The van der Waals surface area contributed by atoms with Crippen LogP contribution in [0.5, 0.6) is 11.5 Å². The lowest BCUT2D eigenvalue weighted by Gasteiger charge is -2.18. The zero-order valence-electron chi connectivity index (χ0n) is 18.6. The highest BCUT2D eigenvalue weighted by molar-refractivity contribution is 6.30. The van der Waals surface area contributed by atoms with E-state index in [4.69, 9.17) is 25.8 Å². The zero-order valence-corrected chi connectivity index (χ0v) is 19.4. The molecule has 1 unspecified atom stereocenters. The number of benzene rings is 2. The van der Waals surface area contributed by atoms with Crippen LogP contribution in [-0.4, -0.2) is 43.1 Å². The number of carbonyl (C=O) groups is 1. The number of hydrogen-bond donors (Lipinski definition) is 1. The summed E-state index contributed by atoms with van der Waals surface area (Å²) >= 11 is 5.82. The van der Waals surface area contributed by atoms with Crippen molar-refractivity contribution in [1.29, 1.82) is 0 Å². The number of amides is 1. The quantitative estimate of drug-likeness (QED) is 0.418. The van der Waals surface area contributed by atoms with Crippen LogP contribution < -0.4 is 14.8 Å². The molecule has 0 aliphatic rings. The van der Waals surface area contributed by atoms with Crippen molar-refractivity contribution in [1.82, 2.24) is 15.1 Å². The fourth-order valence-corrected chi connectivity index (χ4v) is 3.36. The van der Waals surface area contributed by atoms with Gasteiger partial charge in [-0.3, -0.25) is 4.79 Å². The molecule has 1 N–H and O–H groups in total. The number of alkyl halides is 3. The van der Waals surface area contributed by atoms with Gasteiger partial charge in [-0.15, -0.1) is 0 Å². The van der Waals surface area contributed by atoms with E-state index in [1.165, 1.54) is 31.4 Å². The molecule has 0 bridgehead atoms. The highest BCUT2D eigenvalue weighted by Gasteiger charge is 2.40. The predicted octanol–water partition coefficient (Wildman–Crippen LogP) is 5.07. The SMILES string of the molecule is COCCOc1ccc(C(C)NC(=O)c2cnn(-c3ccc(Cl)cc3)c2C(F)(F)F)cc1OC. The van der Waals surface area contributed by atoms with Crippen molar-refractivity contribution >= 4 is 17.5 Å². The van der Waals surface area contributed by atoms with Gasteiger partial charge in [0, 0.05) is 12.1 Å². The van der Waals surface area contributed by atoms with Crippen molar-refractivity contribution < 1.29 is 32.2 Å². The van der Waals surface area contributed by atoms with E-state index in [1.54, 1.807) is 32.2 Å². The smallest absolute Gasteiger partial charge is 0.434 e. The molecule has 0 saturated heterocycles. The van der Waals surface area contributed by atoms with Crippen LogP contribution in [0.2, 0.25) is 5.02 Å². The lowest BCUT2D eigenvalue weighted by atomic mass is 10.1. The molecular formula is C23H23ClF3N3O4. The Morgan fingerprint density at radius 2 is 1.82 bits per heavy atom. The molecule has 1 atom stereocenters. The average molecular weight is 498 g/mol. The summed E-state index contributed by atoms with van der Waals surface area (Å²) in [5, 5.41) is 6.76. The van der Waals surface area contributed by atoms with Gasteiger partial charge in [-0.25, -0.2) is 4.68 Å². The molecule has 1 aromatic heterocycles. The maximum atomic E-state index is 13.9. The van der Waals surface area contributed by atoms with Crippen LogP contribution in [0.3, 0.4) is 0 Å². The molecule has 2 aromatic carbocycles. The Morgan fingerprint density at radius 3 is 2.44 bits per heavy atom. The first-order valence-electron chi connectivity index (χ1n) is 10.2. The molecule has 0 saturated carbocycles. The molecule has 3 aromatic rings. The molecule has 34 heavy (non-hydrogen) atoms. The van der Waals surface area contributed by atoms with Crippen LogP contribution in [-0.2, 0) is 10.9 Å². The number of nitrogens with zero attached hydrogens (tertiary/aromatic N) is 2. The largest absolute Gasteiger partial charge is 0.493 e. The van der Waals surface area contributed by atoms with Crippen molar-refractivity contribution in [2.75, 3.05) is 27.4 Å². The summed E-state index contributed by atoms with van der Waals surface area (Å²) in [4.78, 5) is 12.8. The van der Waals surface area contributed by atoms with Crippen LogP contribution in [0, 0.1) is 0 Å². The van der Waals surface area contributed by atoms with Crippen molar-refractivity contribution in [3.8, 4) is 17.2 Å².